The summed E-state index contributed by atoms with van der Waals surface area (Å²) in [7, 11) is -2.54. The molecule has 0 radical (unpaired) electrons. The van der Waals surface area contributed by atoms with E-state index < -0.39 is 39.5 Å². The Morgan fingerprint density at radius 1 is 1.27 bits per heavy atom. The largest absolute Gasteiger partial charge is 0.416 e. The van der Waals surface area contributed by atoms with Crippen molar-refractivity contribution in [3.05, 3.63) is 35.4 Å². The molecule has 1 unspecified atom stereocenters. The maximum absolute atomic E-state index is 12.9. The van der Waals surface area contributed by atoms with Crippen molar-refractivity contribution in [2.45, 2.75) is 25.6 Å². The Hall–Kier alpha value is -1.61. The Morgan fingerprint density at radius 3 is 2.41 bits per heavy atom. The van der Waals surface area contributed by atoms with E-state index in [2.05, 4.69) is 5.32 Å². The second kappa shape index (κ2) is 7.10. The molecule has 0 heterocycles. The number of carbonyl (C=O) groups excluding carboxylic acids is 1. The monoisotopic (exact) mass is 338 g/mol. The maximum Gasteiger partial charge on any atom is 0.416 e. The van der Waals surface area contributed by atoms with E-state index in [4.69, 9.17) is 0 Å². The van der Waals surface area contributed by atoms with Gasteiger partial charge < -0.3 is 5.32 Å². The Labute approximate surface area is 127 Å². The van der Waals surface area contributed by atoms with Crippen molar-refractivity contribution in [1.82, 2.24) is 10.0 Å². The number of benzene rings is 1. The molecule has 5 nitrogen and oxygen atoms in total. The molecule has 22 heavy (non-hydrogen) atoms. The van der Waals surface area contributed by atoms with Crippen LogP contribution >= 0.6 is 0 Å². The van der Waals surface area contributed by atoms with E-state index in [1.165, 1.54) is 32.2 Å². The Bertz CT molecular complexity index is 630. The van der Waals surface area contributed by atoms with E-state index in [1.807, 2.05) is 4.72 Å². The first kappa shape index (κ1) is 18.4. The number of hydrogen-bond donors (Lipinski definition) is 2. The highest BCUT2D eigenvalue weighted by molar-refractivity contribution is 7.90. The van der Waals surface area contributed by atoms with Crippen LogP contribution in [0.15, 0.2) is 24.3 Å². The van der Waals surface area contributed by atoms with Gasteiger partial charge in [-0.15, -0.1) is 0 Å². The van der Waals surface area contributed by atoms with Crippen molar-refractivity contribution < 1.29 is 26.4 Å². The fraction of sp³-hybridized carbons (Fsp3) is 0.462. The molecule has 1 atom stereocenters. The van der Waals surface area contributed by atoms with E-state index in [0.717, 1.165) is 6.07 Å². The zero-order valence-electron chi connectivity index (χ0n) is 12.1. The number of nitrogens with one attached hydrogen (secondary N) is 2. The maximum atomic E-state index is 12.9. The third-order valence-corrected chi connectivity index (χ3v) is 4.15. The molecule has 1 rings (SSSR count). The molecule has 124 valence electrons. The highest BCUT2D eigenvalue weighted by Gasteiger charge is 2.33. The number of rotatable bonds is 6. The van der Waals surface area contributed by atoms with Gasteiger partial charge in [-0.25, -0.2) is 13.1 Å². The Balaban J connectivity index is 2.74. The minimum absolute atomic E-state index is 0.0410. The minimum Gasteiger partial charge on any atom is -0.352 e. The highest BCUT2D eigenvalue weighted by Crippen LogP contribution is 2.32. The molecule has 0 bridgehead atoms. The average molecular weight is 338 g/mol. The van der Waals surface area contributed by atoms with Gasteiger partial charge in [0.25, 0.3) is 0 Å². The molecule has 2 N–H and O–H groups in total. The van der Waals surface area contributed by atoms with Crippen LogP contribution in [0.3, 0.4) is 0 Å². The van der Waals surface area contributed by atoms with Crippen LogP contribution in [0.4, 0.5) is 13.2 Å². The molecule has 1 aromatic rings. The van der Waals surface area contributed by atoms with Crippen molar-refractivity contribution in [2.75, 3.05) is 12.8 Å². The average Bonchev–Trinajstić information content (AvgIpc) is 2.37. The van der Waals surface area contributed by atoms with Gasteiger partial charge in [-0.3, -0.25) is 4.79 Å². The first-order valence-electron chi connectivity index (χ1n) is 6.41. The van der Waals surface area contributed by atoms with Crippen molar-refractivity contribution in [1.29, 1.82) is 0 Å². The van der Waals surface area contributed by atoms with Crippen LogP contribution in [0.2, 0.25) is 0 Å². The smallest absolute Gasteiger partial charge is 0.352 e. The van der Waals surface area contributed by atoms with Gasteiger partial charge in [0.2, 0.25) is 15.9 Å². The summed E-state index contributed by atoms with van der Waals surface area (Å²) >= 11 is 0. The van der Waals surface area contributed by atoms with Gasteiger partial charge in [-0.05, 0) is 32.0 Å². The molecule has 0 aromatic heterocycles. The first-order chi connectivity index (χ1) is 10.0. The zero-order chi connectivity index (χ0) is 17.0. The van der Waals surface area contributed by atoms with Crippen LogP contribution in [0.5, 0.6) is 0 Å². The summed E-state index contributed by atoms with van der Waals surface area (Å²) in [6.45, 7) is 1.51. The molecule has 0 aliphatic carbocycles. The van der Waals surface area contributed by atoms with Crippen LogP contribution in [0, 0.1) is 0 Å². The number of amides is 1. The molecule has 0 spiro atoms. The standard InChI is InChI=1S/C13H17F3N2O3S/c1-9(18-12(19)8-22(20,21)17-2)7-10-5-3-4-6-11(10)13(14,15)16/h3-6,9,17H,7-8H2,1-2H3,(H,18,19). The number of sulfonamides is 1. The van der Waals surface area contributed by atoms with E-state index >= 15 is 0 Å². The van der Waals surface area contributed by atoms with Gasteiger partial charge in [0.15, 0.2) is 0 Å². The lowest BCUT2D eigenvalue weighted by atomic mass is 10.0. The lowest BCUT2D eigenvalue weighted by molar-refractivity contribution is -0.138. The predicted octanol–water partition coefficient (Wildman–Crippen LogP) is 1.30. The van der Waals surface area contributed by atoms with Crippen molar-refractivity contribution in [3.8, 4) is 0 Å². The van der Waals surface area contributed by atoms with Crippen molar-refractivity contribution in [3.63, 3.8) is 0 Å². The fourth-order valence-corrected chi connectivity index (χ4v) is 2.49. The van der Waals surface area contributed by atoms with E-state index in [1.54, 1.807) is 0 Å². The second-order valence-corrected chi connectivity index (χ2v) is 6.72. The second-order valence-electron chi connectivity index (χ2n) is 4.79. The zero-order valence-corrected chi connectivity index (χ0v) is 12.9. The van der Waals surface area contributed by atoms with Gasteiger partial charge in [0, 0.05) is 6.04 Å². The van der Waals surface area contributed by atoms with Crippen LogP contribution < -0.4 is 10.0 Å². The third-order valence-electron chi connectivity index (χ3n) is 2.89. The minimum atomic E-state index is -4.48. The number of carbonyl (C=O) groups is 1. The summed E-state index contributed by atoms with van der Waals surface area (Å²) in [4.78, 5) is 11.5. The predicted molar refractivity (Wildman–Crippen MR) is 75.6 cm³/mol. The molecule has 0 saturated heterocycles. The topological polar surface area (TPSA) is 75.3 Å². The molecule has 0 saturated carbocycles. The molecule has 0 aliphatic rings. The summed E-state index contributed by atoms with van der Waals surface area (Å²) in [6.07, 6.45) is -4.53. The van der Waals surface area contributed by atoms with Crippen molar-refractivity contribution >= 4 is 15.9 Å². The molecule has 1 amide bonds. The van der Waals surface area contributed by atoms with Gasteiger partial charge in [0.1, 0.15) is 5.75 Å². The van der Waals surface area contributed by atoms with E-state index in [-0.39, 0.29) is 12.0 Å². The normalized spacial score (nSPS) is 13.7. The van der Waals surface area contributed by atoms with Gasteiger partial charge in [-0.1, -0.05) is 18.2 Å². The van der Waals surface area contributed by atoms with E-state index in [9.17, 15) is 26.4 Å². The van der Waals surface area contributed by atoms with Gasteiger partial charge >= 0.3 is 6.18 Å². The third kappa shape index (κ3) is 5.64. The lowest BCUT2D eigenvalue weighted by Gasteiger charge is -2.17. The summed E-state index contributed by atoms with van der Waals surface area (Å²) in [5.74, 6) is -1.54. The van der Waals surface area contributed by atoms with E-state index in [0.29, 0.717) is 0 Å². The number of alkyl halides is 3. The van der Waals surface area contributed by atoms with Crippen LogP contribution in [0.25, 0.3) is 0 Å². The Kier molecular flexibility index (Phi) is 5.95. The molecular weight excluding hydrogens is 321 g/mol. The van der Waals surface area contributed by atoms with Gasteiger partial charge in [0.05, 0.1) is 5.56 Å². The number of hydrogen-bond acceptors (Lipinski definition) is 3. The summed E-state index contributed by atoms with van der Waals surface area (Å²) in [6, 6.07) is 4.42. The quantitative estimate of drug-likeness (QED) is 0.821. The number of halogens is 3. The highest BCUT2D eigenvalue weighted by atomic mass is 32.2. The first-order valence-corrected chi connectivity index (χ1v) is 8.06. The molecule has 1 aromatic carbocycles. The van der Waals surface area contributed by atoms with Crippen LogP contribution in [0.1, 0.15) is 18.1 Å². The molecule has 0 fully saturated rings. The SMILES string of the molecule is CNS(=O)(=O)CC(=O)NC(C)Cc1ccccc1C(F)(F)F. The molecular formula is C13H17F3N2O3S. The van der Waals surface area contributed by atoms with Crippen LogP contribution in [-0.2, 0) is 27.4 Å². The summed E-state index contributed by atoms with van der Waals surface area (Å²) < 4.78 is 63.0. The van der Waals surface area contributed by atoms with Crippen molar-refractivity contribution in [2.24, 2.45) is 0 Å². The van der Waals surface area contributed by atoms with Gasteiger partial charge in [-0.2, -0.15) is 13.2 Å². The summed E-state index contributed by atoms with van der Waals surface area (Å²) in [5, 5.41) is 2.37. The van der Waals surface area contributed by atoms with Crippen LogP contribution in [-0.4, -0.2) is 33.2 Å². The summed E-state index contributed by atoms with van der Waals surface area (Å²) in [5.41, 5.74) is -0.724. The Morgan fingerprint density at radius 2 is 1.86 bits per heavy atom. The molecule has 0 aliphatic heterocycles. The molecule has 9 heteroatoms. The lowest BCUT2D eigenvalue weighted by Crippen LogP contribution is -2.40. The fourth-order valence-electron chi connectivity index (χ4n) is 1.92.